The molecule has 504 valence electrons. The number of nitrogen functional groups attached to an aromatic ring is 3. The average Bonchev–Trinajstić information content (AvgIpc) is 1.29. The molecule has 25 nitrogen and oxygen atoms in total. The minimum absolute atomic E-state index is 0.00442. The maximum atomic E-state index is 12.5. The highest BCUT2D eigenvalue weighted by Gasteiger charge is 2.23. The van der Waals surface area contributed by atoms with Crippen LogP contribution in [0.5, 0.6) is 0 Å². The molecular weight excluding hydrogens is 1270 g/mol. The van der Waals surface area contributed by atoms with Gasteiger partial charge in [-0.3, -0.25) is 53.3 Å². The summed E-state index contributed by atoms with van der Waals surface area (Å²) in [5.41, 5.74) is 28.5. The first kappa shape index (κ1) is 68.4. The monoisotopic (exact) mass is 1340 g/mol. The van der Waals surface area contributed by atoms with Crippen LogP contribution in [0.15, 0.2) is 165 Å². The summed E-state index contributed by atoms with van der Waals surface area (Å²) in [7, 11) is 0. The number of carbonyl (C=O) groups is 4. The Balaban J connectivity index is 0.000000135. The zero-order chi connectivity index (χ0) is 70.7. The van der Waals surface area contributed by atoms with Gasteiger partial charge in [-0.05, 0) is 189 Å². The van der Waals surface area contributed by atoms with Gasteiger partial charge in [0.25, 0.3) is 22.2 Å². The van der Waals surface area contributed by atoms with E-state index < -0.39 is 0 Å². The molecule has 13 N–H and O–H groups in total. The molecule has 1 unspecified atom stereocenters. The van der Waals surface area contributed by atoms with E-state index in [1.54, 1.807) is 74.8 Å². The molecule has 0 saturated carbocycles. The number of H-pyrrole nitrogens is 4. The predicted octanol–water partition coefficient (Wildman–Crippen LogP) is 9.01. The van der Waals surface area contributed by atoms with Crippen LogP contribution in [0.25, 0.3) is 43.7 Å². The number of anilines is 7. The van der Waals surface area contributed by atoms with Gasteiger partial charge in [0.1, 0.15) is 11.6 Å². The highest BCUT2D eigenvalue weighted by Crippen LogP contribution is 2.28. The van der Waals surface area contributed by atoms with Crippen LogP contribution in [-0.4, -0.2) is 92.6 Å². The topological polar surface area (TPSA) is 394 Å². The van der Waals surface area contributed by atoms with Crippen molar-refractivity contribution in [1.29, 1.82) is 0 Å². The smallest absolute Gasteiger partial charge is 0.261 e. The zero-order valence-corrected chi connectivity index (χ0v) is 55.2. The third-order valence-corrected chi connectivity index (χ3v) is 17.0. The molecule has 25 heteroatoms. The molecule has 6 aromatic carbocycles. The normalized spacial score (nSPS) is 12.7. The number of benzene rings is 6. The Labute approximate surface area is 571 Å². The lowest BCUT2D eigenvalue weighted by atomic mass is 9.96. The van der Waals surface area contributed by atoms with E-state index in [1.165, 1.54) is 30.5 Å². The van der Waals surface area contributed by atoms with Gasteiger partial charge in [-0.2, -0.15) is 15.0 Å². The Kier molecular flexibility index (Phi) is 20.8. The van der Waals surface area contributed by atoms with Crippen LogP contribution >= 0.6 is 0 Å². The number of rotatable bonds is 16. The number of ketones is 4. The van der Waals surface area contributed by atoms with Crippen molar-refractivity contribution in [2.24, 2.45) is 5.92 Å². The van der Waals surface area contributed by atoms with Gasteiger partial charge in [-0.1, -0.05) is 48.4 Å². The van der Waals surface area contributed by atoms with Crippen molar-refractivity contribution < 1.29 is 19.2 Å². The van der Waals surface area contributed by atoms with Gasteiger partial charge in [0.05, 0.1) is 33.8 Å². The molecule has 100 heavy (non-hydrogen) atoms. The highest BCUT2D eigenvalue weighted by atomic mass is 16.2. The van der Waals surface area contributed by atoms with Gasteiger partial charge in [0.15, 0.2) is 34.4 Å². The zero-order valence-electron chi connectivity index (χ0n) is 55.2. The molecule has 2 aliphatic rings. The van der Waals surface area contributed by atoms with Crippen LogP contribution in [-0.2, 0) is 38.8 Å². The van der Waals surface area contributed by atoms with Crippen molar-refractivity contribution in [2.75, 3.05) is 57.7 Å². The largest absolute Gasteiger partial charge is 0.385 e. The summed E-state index contributed by atoms with van der Waals surface area (Å²) in [6, 6.07) is 41.7. The van der Waals surface area contributed by atoms with Crippen molar-refractivity contribution in [2.45, 2.75) is 72.9 Å². The molecule has 1 aliphatic heterocycles. The molecule has 6 aromatic heterocycles. The maximum Gasteiger partial charge on any atom is 0.261 e. The summed E-state index contributed by atoms with van der Waals surface area (Å²) in [6.07, 6.45) is 12.7. The summed E-state index contributed by atoms with van der Waals surface area (Å²) in [5, 5.41) is 13.1. The van der Waals surface area contributed by atoms with Crippen molar-refractivity contribution in [3.8, 4) is 12.3 Å². The fourth-order valence-electron chi connectivity index (χ4n) is 11.8. The van der Waals surface area contributed by atoms with Crippen LogP contribution in [0.2, 0.25) is 0 Å². The highest BCUT2D eigenvalue weighted by molar-refractivity contribution is 6.06. The lowest BCUT2D eigenvalue weighted by molar-refractivity contribution is 0.0989. The third-order valence-electron chi connectivity index (χ3n) is 17.0. The third kappa shape index (κ3) is 16.6. The fraction of sp³-hybridized carbons (Fsp3) is 0.200. The van der Waals surface area contributed by atoms with Gasteiger partial charge >= 0.3 is 0 Å². The number of nitrogens with one attached hydrogen (secondary N) is 7. The fourth-order valence-corrected chi connectivity index (χ4v) is 11.8. The second-order valence-corrected chi connectivity index (χ2v) is 24.3. The number of fused-ring (bicyclic) bond motifs is 7. The number of Topliss-reactive ketones (excluding diaryl/α,β-unsaturated/α-hetero) is 4. The van der Waals surface area contributed by atoms with Crippen LogP contribution in [0, 0.1) is 25.2 Å². The predicted molar refractivity (Wildman–Crippen MR) is 390 cm³/mol. The molecule has 1 atom stereocenters. The number of aromatic amines is 4. The summed E-state index contributed by atoms with van der Waals surface area (Å²) in [4.78, 5) is 131. The Morgan fingerprint density at radius 1 is 0.580 bits per heavy atom. The maximum absolute atomic E-state index is 12.5. The molecule has 0 radical (unpaired) electrons. The number of nitrogens with two attached hydrogens (primary N) is 3. The summed E-state index contributed by atoms with van der Waals surface area (Å²) < 4.78 is 0. The summed E-state index contributed by atoms with van der Waals surface area (Å²) >= 11 is 0. The average molecular weight is 1340 g/mol. The van der Waals surface area contributed by atoms with E-state index in [0.717, 1.165) is 82.4 Å². The molecule has 1 aliphatic carbocycles. The Bertz CT molecular complexity index is 5430. The second-order valence-electron chi connectivity index (χ2n) is 24.3. The summed E-state index contributed by atoms with van der Waals surface area (Å²) in [6.45, 7) is 9.15. The van der Waals surface area contributed by atoms with Crippen molar-refractivity contribution in [1.82, 2.24) is 49.8 Å². The number of hydrogen-bond acceptors (Lipinski definition) is 21. The molecule has 12 aromatic rings. The number of pyridine rings is 2. The van der Waals surface area contributed by atoms with Crippen LogP contribution in [0.3, 0.4) is 0 Å². The van der Waals surface area contributed by atoms with Crippen molar-refractivity contribution >= 4 is 108 Å². The van der Waals surface area contributed by atoms with Crippen molar-refractivity contribution in [3.63, 3.8) is 0 Å². The van der Waals surface area contributed by atoms with Crippen LogP contribution in [0.1, 0.15) is 108 Å². The summed E-state index contributed by atoms with van der Waals surface area (Å²) in [5.74, 6) is 4.64. The molecule has 0 amide bonds. The number of terminal acetylenes is 1. The van der Waals surface area contributed by atoms with E-state index in [9.17, 15) is 38.4 Å². The lowest BCUT2D eigenvalue weighted by Crippen LogP contribution is -2.34. The van der Waals surface area contributed by atoms with E-state index in [4.69, 9.17) is 23.6 Å². The molecule has 14 rings (SSSR count). The number of carbonyl (C=O) groups excluding carboxylic acids is 4. The van der Waals surface area contributed by atoms with Gasteiger partial charge in [0.2, 0.25) is 17.8 Å². The van der Waals surface area contributed by atoms with Crippen molar-refractivity contribution in [3.05, 3.63) is 249 Å². The van der Waals surface area contributed by atoms with Gasteiger partial charge in [-0.15, -0.1) is 6.42 Å². The van der Waals surface area contributed by atoms with Gasteiger partial charge < -0.3 is 43.0 Å². The lowest BCUT2D eigenvalue weighted by Gasteiger charge is -2.25. The quantitative estimate of drug-likeness (QED) is 0.0245. The van der Waals surface area contributed by atoms with E-state index in [0.29, 0.717) is 93.8 Å². The van der Waals surface area contributed by atoms with Gasteiger partial charge in [0, 0.05) is 84.3 Å². The Morgan fingerprint density at radius 3 is 1.74 bits per heavy atom. The molecule has 0 bridgehead atoms. The van der Waals surface area contributed by atoms with Crippen LogP contribution in [0.4, 0.5) is 40.7 Å². The van der Waals surface area contributed by atoms with Gasteiger partial charge in [-0.25, -0.2) is 15.0 Å². The first-order valence-corrected chi connectivity index (χ1v) is 32.1. The minimum Gasteiger partial charge on any atom is -0.385 e. The van der Waals surface area contributed by atoms with E-state index in [1.807, 2.05) is 59.5 Å². The number of nitrogens with zero attached hydrogens (tertiary/aromatic N) is 7. The molecule has 7 heterocycles. The Hall–Kier alpha value is -13.0. The first-order valence-electron chi connectivity index (χ1n) is 32.1. The second kappa shape index (κ2) is 30.4. The Morgan fingerprint density at radius 2 is 1.12 bits per heavy atom. The number of aromatic nitrogens is 10. The molecule has 0 saturated heterocycles. The number of aryl methyl sites for hydroxylation is 4. The van der Waals surface area contributed by atoms with Crippen LogP contribution < -0.4 is 60.3 Å². The standard InChI is InChI=1S/C24H20N2O2.C19H17N5O2.C16H19N5O2.C16H15N5O2/c1-14-25-21-10-7-17-6-4-16(13-20(17)23(21)24(28)26-14)3-2-15-5-9-19-18(12-15)8-11-22(19)27;1-3-8-24(15-6-4-14(5-7-15)12(2)25)11-13-9-16-17(21-10-13)22-19(20)23-18(16)26;2*1-9(22)11-2-4-12(5-3-11)18-7-10-6-13-14(19-8-10)20-16(17)21-15(13)23/h4-7,9-10,12-13H,2-3,8,11H2,1H3,(H,25,26,28);1,4-7,9-10H,8,11H2,2H3,(H3,20,21,22,23,26);2-5,10,18H,6-8H2,1H3,(H4,17,19,20,21,23);2-6,8,18H,7H2,1H3,(H3,17,19,20,21,23). The van der Waals surface area contributed by atoms with E-state index >= 15 is 0 Å². The molecule has 0 fully saturated rings. The minimum atomic E-state index is -0.337. The molecular formula is C75H71N17O8. The number of hydrogen-bond donors (Lipinski definition) is 10. The van der Waals surface area contributed by atoms with E-state index in [-0.39, 0.29) is 69.1 Å². The molecule has 0 spiro atoms. The van der Waals surface area contributed by atoms with E-state index in [2.05, 4.69) is 102 Å². The SMILES string of the molecule is C#CCN(Cc1cnc2nc(N)[nH]c(=O)c2c1)c1ccc(C(C)=O)cc1.CC(=O)c1ccc(NCC2CNc3nc(N)[nH]c(=O)c3C2)cc1.CC(=O)c1ccc(NCc2cnc3nc(N)[nH]c(=O)c3c2)cc1.Cc1nc2ccc3ccc(CCc4ccc5c(c4)CCC5=O)cc3c2c(=O)[nH]1. The first-order chi connectivity index (χ1) is 48.1.